The number of hydrogen-bond acceptors (Lipinski definition) is 4. The van der Waals surface area contributed by atoms with Gasteiger partial charge in [0.15, 0.2) is 5.96 Å². The van der Waals surface area contributed by atoms with Crippen LogP contribution in [0.2, 0.25) is 0 Å². The Morgan fingerprint density at radius 1 is 1.21 bits per heavy atom. The molecule has 2 atom stereocenters. The molecule has 7 heteroatoms. The molecule has 164 valence electrons. The highest BCUT2D eigenvalue weighted by molar-refractivity contribution is 14.0. The third-order valence-electron chi connectivity index (χ3n) is 5.84. The largest absolute Gasteiger partial charge is 0.375 e. The smallest absolute Gasteiger partial charge is 0.194 e. The molecular formula is C22H37IN4O2. The summed E-state index contributed by atoms with van der Waals surface area (Å²) in [7, 11) is 4.03. The van der Waals surface area contributed by atoms with Crippen molar-refractivity contribution in [3.8, 4) is 0 Å². The molecule has 1 aromatic carbocycles. The highest BCUT2D eigenvalue weighted by atomic mass is 127. The van der Waals surface area contributed by atoms with Crippen LogP contribution in [-0.4, -0.2) is 74.4 Å². The SMILES string of the molecule is CN=C(NCc1ccccc1CN(C)C(C)C)N1CCOC(C2CCCO2)C1.I. The van der Waals surface area contributed by atoms with Gasteiger partial charge in [0.2, 0.25) is 0 Å². The molecule has 0 saturated carbocycles. The Labute approximate surface area is 193 Å². The second kappa shape index (κ2) is 12.1. The predicted molar refractivity (Wildman–Crippen MR) is 129 cm³/mol. The average Bonchev–Trinajstić information content (AvgIpc) is 3.24. The standard InChI is InChI=1S/C22H36N4O2.HI/c1-17(2)25(4)15-19-9-6-5-8-18(19)14-24-22(23-3)26-11-13-28-21(16-26)20-10-7-12-27-20;/h5-6,8-9,17,20-21H,7,10-16H2,1-4H3,(H,23,24);1H. The highest BCUT2D eigenvalue weighted by Crippen LogP contribution is 2.21. The van der Waals surface area contributed by atoms with Crippen LogP contribution in [-0.2, 0) is 22.6 Å². The first-order valence-corrected chi connectivity index (χ1v) is 10.5. The van der Waals surface area contributed by atoms with Gasteiger partial charge in [-0.15, -0.1) is 24.0 Å². The number of ether oxygens (including phenoxy) is 2. The lowest BCUT2D eigenvalue weighted by molar-refractivity contribution is -0.0817. The molecule has 3 rings (SSSR count). The van der Waals surface area contributed by atoms with Crippen molar-refractivity contribution in [2.24, 2.45) is 4.99 Å². The van der Waals surface area contributed by atoms with Crippen molar-refractivity contribution in [1.82, 2.24) is 15.1 Å². The third-order valence-corrected chi connectivity index (χ3v) is 5.84. The van der Waals surface area contributed by atoms with Crippen LogP contribution >= 0.6 is 24.0 Å². The monoisotopic (exact) mass is 516 g/mol. The maximum atomic E-state index is 5.98. The van der Waals surface area contributed by atoms with Crippen molar-refractivity contribution in [1.29, 1.82) is 0 Å². The van der Waals surface area contributed by atoms with Gasteiger partial charge in [0.25, 0.3) is 0 Å². The first kappa shape index (κ1) is 24.4. The number of guanidine groups is 1. The van der Waals surface area contributed by atoms with Gasteiger partial charge in [0.1, 0.15) is 6.10 Å². The first-order valence-electron chi connectivity index (χ1n) is 10.5. The number of morpholine rings is 1. The summed E-state index contributed by atoms with van der Waals surface area (Å²) in [6.45, 7) is 9.46. The van der Waals surface area contributed by atoms with Crippen LogP contribution in [0.3, 0.4) is 0 Å². The van der Waals surface area contributed by atoms with Crippen LogP contribution in [0.1, 0.15) is 37.8 Å². The van der Waals surface area contributed by atoms with E-state index in [1.54, 1.807) is 0 Å². The van der Waals surface area contributed by atoms with E-state index >= 15 is 0 Å². The third kappa shape index (κ3) is 6.80. The van der Waals surface area contributed by atoms with Crippen LogP contribution in [0.4, 0.5) is 0 Å². The van der Waals surface area contributed by atoms with Gasteiger partial charge in [0, 0.05) is 45.9 Å². The second-order valence-corrected chi connectivity index (χ2v) is 8.09. The molecule has 2 heterocycles. The van der Waals surface area contributed by atoms with Gasteiger partial charge in [-0.1, -0.05) is 24.3 Å². The van der Waals surface area contributed by atoms with E-state index in [9.17, 15) is 0 Å². The van der Waals surface area contributed by atoms with Gasteiger partial charge >= 0.3 is 0 Å². The summed E-state index contributed by atoms with van der Waals surface area (Å²) in [6.07, 6.45) is 2.61. The number of aliphatic imine (C=N–C) groups is 1. The fourth-order valence-electron chi connectivity index (χ4n) is 3.83. The van der Waals surface area contributed by atoms with E-state index in [4.69, 9.17) is 9.47 Å². The van der Waals surface area contributed by atoms with Crippen LogP contribution in [0.25, 0.3) is 0 Å². The minimum atomic E-state index is 0. The van der Waals surface area contributed by atoms with Gasteiger partial charge in [-0.25, -0.2) is 0 Å². The summed E-state index contributed by atoms with van der Waals surface area (Å²) in [5.74, 6) is 0.943. The Bertz CT molecular complexity index is 649. The quantitative estimate of drug-likeness (QED) is 0.358. The topological polar surface area (TPSA) is 49.3 Å². The maximum Gasteiger partial charge on any atom is 0.194 e. The molecule has 0 amide bonds. The lowest BCUT2D eigenvalue weighted by Gasteiger charge is -2.37. The molecule has 2 fully saturated rings. The summed E-state index contributed by atoms with van der Waals surface area (Å²) in [5, 5.41) is 3.57. The lowest BCUT2D eigenvalue weighted by atomic mass is 10.1. The van der Waals surface area contributed by atoms with Gasteiger partial charge in [-0.05, 0) is 44.9 Å². The predicted octanol–water partition coefficient (Wildman–Crippen LogP) is 3.10. The number of nitrogens with one attached hydrogen (secondary N) is 1. The highest BCUT2D eigenvalue weighted by Gasteiger charge is 2.32. The Hall–Kier alpha value is -0.900. The Balaban J connectivity index is 0.00000300. The molecular weight excluding hydrogens is 479 g/mol. The molecule has 2 unspecified atom stereocenters. The molecule has 1 aromatic rings. The van der Waals surface area contributed by atoms with E-state index in [0.717, 1.165) is 58.2 Å². The molecule has 2 aliphatic heterocycles. The van der Waals surface area contributed by atoms with E-state index < -0.39 is 0 Å². The molecule has 29 heavy (non-hydrogen) atoms. The van der Waals surface area contributed by atoms with Crippen LogP contribution in [0.15, 0.2) is 29.3 Å². The fourth-order valence-corrected chi connectivity index (χ4v) is 3.83. The first-order chi connectivity index (χ1) is 13.6. The number of hydrogen-bond donors (Lipinski definition) is 1. The fraction of sp³-hybridized carbons (Fsp3) is 0.682. The van der Waals surface area contributed by atoms with E-state index in [1.165, 1.54) is 11.1 Å². The zero-order valence-corrected chi connectivity index (χ0v) is 20.6. The van der Waals surface area contributed by atoms with Crippen molar-refractivity contribution in [3.63, 3.8) is 0 Å². The normalized spacial score (nSPS) is 22.8. The van der Waals surface area contributed by atoms with Crippen LogP contribution < -0.4 is 5.32 Å². The van der Waals surface area contributed by atoms with Gasteiger partial charge < -0.3 is 19.7 Å². The minimum absolute atomic E-state index is 0. The lowest BCUT2D eigenvalue weighted by Crippen LogP contribution is -2.53. The van der Waals surface area contributed by atoms with Crippen molar-refractivity contribution < 1.29 is 9.47 Å². The van der Waals surface area contributed by atoms with E-state index in [-0.39, 0.29) is 36.2 Å². The van der Waals surface area contributed by atoms with Gasteiger partial charge in [0.05, 0.1) is 12.7 Å². The van der Waals surface area contributed by atoms with Crippen molar-refractivity contribution in [2.75, 3.05) is 40.4 Å². The molecule has 0 aromatic heterocycles. The molecule has 6 nitrogen and oxygen atoms in total. The Kier molecular flexibility index (Phi) is 10.1. The summed E-state index contributed by atoms with van der Waals surface area (Å²) in [6, 6.07) is 9.19. The van der Waals surface area contributed by atoms with Crippen LogP contribution in [0.5, 0.6) is 0 Å². The van der Waals surface area contributed by atoms with E-state index in [0.29, 0.717) is 6.04 Å². The minimum Gasteiger partial charge on any atom is -0.375 e. The molecule has 0 aliphatic carbocycles. The summed E-state index contributed by atoms with van der Waals surface area (Å²) >= 11 is 0. The van der Waals surface area contributed by atoms with E-state index in [1.807, 2.05) is 7.05 Å². The average molecular weight is 516 g/mol. The van der Waals surface area contributed by atoms with E-state index in [2.05, 4.69) is 65.3 Å². The number of halogens is 1. The zero-order chi connectivity index (χ0) is 19.9. The zero-order valence-electron chi connectivity index (χ0n) is 18.3. The molecule has 0 spiro atoms. The maximum absolute atomic E-state index is 5.98. The Morgan fingerprint density at radius 2 is 1.93 bits per heavy atom. The molecule has 2 saturated heterocycles. The van der Waals surface area contributed by atoms with Crippen molar-refractivity contribution >= 4 is 29.9 Å². The second-order valence-electron chi connectivity index (χ2n) is 8.09. The summed E-state index contributed by atoms with van der Waals surface area (Å²) in [4.78, 5) is 9.20. The molecule has 1 N–H and O–H groups in total. The molecule has 0 bridgehead atoms. The molecule has 0 radical (unpaired) electrons. The van der Waals surface area contributed by atoms with Crippen LogP contribution in [0, 0.1) is 0 Å². The molecule has 2 aliphatic rings. The van der Waals surface area contributed by atoms with Crippen molar-refractivity contribution in [2.45, 2.75) is 58.0 Å². The van der Waals surface area contributed by atoms with Gasteiger partial charge in [-0.2, -0.15) is 0 Å². The number of benzene rings is 1. The van der Waals surface area contributed by atoms with Crippen molar-refractivity contribution in [3.05, 3.63) is 35.4 Å². The number of rotatable bonds is 6. The summed E-state index contributed by atoms with van der Waals surface area (Å²) < 4.78 is 11.8. The number of nitrogens with zero attached hydrogens (tertiary/aromatic N) is 3. The Morgan fingerprint density at radius 3 is 2.59 bits per heavy atom. The van der Waals surface area contributed by atoms with Gasteiger partial charge in [-0.3, -0.25) is 9.89 Å². The summed E-state index contributed by atoms with van der Waals surface area (Å²) in [5.41, 5.74) is 2.68.